The van der Waals surface area contributed by atoms with Crippen LogP contribution in [0.5, 0.6) is 5.75 Å². The number of benzene rings is 1. The molecule has 0 aliphatic carbocycles. The summed E-state index contributed by atoms with van der Waals surface area (Å²) in [5.74, 6) is -0.832. The molecule has 0 saturated heterocycles. The van der Waals surface area contributed by atoms with Crippen LogP contribution in [0.3, 0.4) is 0 Å². The SMILES string of the molecule is Cc1cc(Br)c(O)c(C(N)CO)c1F. The fourth-order valence-electron chi connectivity index (χ4n) is 1.20. The van der Waals surface area contributed by atoms with E-state index in [4.69, 9.17) is 10.8 Å². The highest BCUT2D eigenvalue weighted by molar-refractivity contribution is 9.10. The second kappa shape index (κ2) is 4.25. The van der Waals surface area contributed by atoms with E-state index in [9.17, 15) is 9.50 Å². The first-order chi connectivity index (χ1) is 6.49. The Balaban J connectivity index is 3.39. The second-order valence-corrected chi connectivity index (χ2v) is 3.89. The van der Waals surface area contributed by atoms with E-state index in [2.05, 4.69) is 15.9 Å². The van der Waals surface area contributed by atoms with Gasteiger partial charge in [-0.2, -0.15) is 0 Å². The zero-order valence-corrected chi connectivity index (χ0v) is 9.18. The van der Waals surface area contributed by atoms with Crippen molar-refractivity contribution in [1.29, 1.82) is 0 Å². The van der Waals surface area contributed by atoms with Gasteiger partial charge in [0.1, 0.15) is 11.6 Å². The summed E-state index contributed by atoms with van der Waals surface area (Å²) >= 11 is 3.07. The Morgan fingerprint density at radius 1 is 1.64 bits per heavy atom. The smallest absolute Gasteiger partial charge is 0.137 e. The van der Waals surface area contributed by atoms with Crippen LogP contribution in [0.1, 0.15) is 17.2 Å². The lowest BCUT2D eigenvalue weighted by atomic mass is 10.0. The molecule has 0 radical (unpaired) electrons. The molecular weight excluding hydrogens is 253 g/mol. The van der Waals surface area contributed by atoms with Crippen molar-refractivity contribution in [3.05, 3.63) is 27.5 Å². The largest absolute Gasteiger partial charge is 0.506 e. The number of phenolic OH excluding ortho intramolecular Hbond substituents is 1. The van der Waals surface area contributed by atoms with Gasteiger partial charge >= 0.3 is 0 Å². The molecular formula is C9H11BrFNO2. The van der Waals surface area contributed by atoms with Crippen LogP contribution in [0.15, 0.2) is 10.5 Å². The Hall–Kier alpha value is -0.650. The Bertz CT molecular complexity index is 331. The monoisotopic (exact) mass is 263 g/mol. The van der Waals surface area contributed by atoms with Gasteiger partial charge in [-0.05, 0) is 34.5 Å². The summed E-state index contributed by atoms with van der Waals surface area (Å²) in [6.45, 7) is 1.15. The van der Waals surface area contributed by atoms with Gasteiger partial charge in [-0.15, -0.1) is 0 Å². The number of aliphatic hydroxyl groups is 1. The molecule has 0 bridgehead atoms. The number of hydrogen-bond acceptors (Lipinski definition) is 3. The van der Waals surface area contributed by atoms with Gasteiger partial charge in [0, 0.05) is 0 Å². The molecule has 0 aromatic heterocycles. The number of halogens is 2. The third-order valence-electron chi connectivity index (χ3n) is 1.97. The van der Waals surface area contributed by atoms with Crippen molar-refractivity contribution in [1.82, 2.24) is 0 Å². The van der Waals surface area contributed by atoms with Crippen molar-refractivity contribution in [3.8, 4) is 5.75 Å². The molecule has 0 aliphatic rings. The fraction of sp³-hybridized carbons (Fsp3) is 0.333. The van der Waals surface area contributed by atoms with Gasteiger partial charge in [0.15, 0.2) is 0 Å². The van der Waals surface area contributed by atoms with E-state index in [-0.39, 0.29) is 11.3 Å². The van der Waals surface area contributed by atoms with Gasteiger partial charge in [0.05, 0.1) is 22.7 Å². The lowest BCUT2D eigenvalue weighted by molar-refractivity contribution is 0.262. The first-order valence-corrected chi connectivity index (χ1v) is 4.82. The number of rotatable bonds is 2. The van der Waals surface area contributed by atoms with Crippen LogP contribution in [0.25, 0.3) is 0 Å². The number of phenols is 1. The lowest BCUT2D eigenvalue weighted by Gasteiger charge is -2.14. The molecule has 0 heterocycles. The summed E-state index contributed by atoms with van der Waals surface area (Å²) in [5.41, 5.74) is 5.78. The van der Waals surface area contributed by atoms with Crippen molar-refractivity contribution < 1.29 is 14.6 Å². The third-order valence-corrected chi connectivity index (χ3v) is 2.58. The number of aromatic hydroxyl groups is 1. The van der Waals surface area contributed by atoms with Crippen LogP contribution < -0.4 is 5.73 Å². The van der Waals surface area contributed by atoms with Crippen molar-refractivity contribution >= 4 is 15.9 Å². The standard InChI is InChI=1S/C9H11BrFNO2/c1-4-2-5(10)9(14)7(8(4)11)6(12)3-13/h2,6,13-14H,3,12H2,1H3. The van der Waals surface area contributed by atoms with Gasteiger partial charge in [0.2, 0.25) is 0 Å². The predicted octanol–water partition coefficient (Wildman–Crippen LogP) is 1.59. The fourth-order valence-corrected chi connectivity index (χ4v) is 1.75. The molecule has 5 heteroatoms. The van der Waals surface area contributed by atoms with Crippen molar-refractivity contribution in [2.45, 2.75) is 13.0 Å². The zero-order chi connectivity index (χ0) is 10.9. The maximum absolute atomic E-state index is 13.5. The Labute approximate surface area is 89.5 Å². The zero-order valence-electron chi connectivity index (χ0n) is 7.59. The summed E-state index contributed by atoms with van der Waals surface area (Å²) in [7, 11) is 0. The van der Waals surface area contributed by atoms with Crippen LogP contribution in [0.4, 0.5) is 4.39 Å². The quantitative estimate of drug-likeness (QED) is 0.760. The van der Waals surface area contributed by atoms with Gasteiger partial charge in [0.25, 0.3) is 0 Å². The van der Waals surface area contributed by atoms with E-state index in [0.717, 1.165) is 0 Å². The van der Waals surface area contributed by atoms with Crippen molar-refractivity contribution in [2.75, 3.05) is 6.61 Å². The Morgan fingerprint density at radius 3 is 2.71 bits per heavy atom. The van der Waals surface area contributed by atoms with Gasteiger partial charge in [-0.3, -0.25) is 0 Å². The van der Waals surface area contributed by atoms with Crippen LogP contribution in [0.2, 0.25) is 0 Å². The van der Waals surface area contributed by atoms with Crippen LogP contribution in [0, 0.1) is 12.7 Å². The third kappa shape index (κ3) is 1.89. The van der Waals surface area contributed by atoms with Crippen LogP contribution in [-0.4, -0.2) is 16.8 Å². The molecule has 14 heavy (non-hydrogen) atoms. The van der Waals surface area contributed by atoms with Crippen molar-refractivity contribution in [3.63, 3.8) is 0 Å². The lowest BCUT2D eigenvalue weighted by Crippen LogP contribution is -2.17. The molecule has 0 saturated carbocycles. The molecule has 1 atom stereocenters. The highest BCUT2D eigenvalue weighted by Gasteiger charge is 2.19. The van der Waals surface area contributed by atoms with Gasteiger partial charge in [-0.25, -0.2) is 4.39 Å². The molecule has 0 fully saturated rings. The van der Waals surface area contributed by atoms with Crippen molar-refractivity contribution in [2.24, 2.45) is 5.73 Å². The summed E-state index contributed by atoms with van der Waals surface area (Å²) in [6, 6.07) is 0.546. The highest BCUT2D eigenvalue weighted by atomic mass is 79.9. The molecule has 1 aromatic rings. The first kappa shape index (κ1) is 11.4. The molecule has 3 nitrogen and oxygen atoms in total. The molecule has 1 unspecified atom stereocenters. The first-order valence-electron chi connectivity index (χ1n) is 4.03. The maximum atomic E-state index is 13.5. The molecule has 0 aliphatic heterocycles. The average Bonchev–Trinajstić information content (AvgIpc) is 2.15. The van der Waals surface area contributed by atoms with Crippen LogP contribution >= 0.6 is 15.9 Å². The molecule has 0 amide bonds. The molecule has 1 aromatic carbocycles. The molecule has 0 spiro atoms. The summed E-state index contributed by atoms with van der Waals surface area (Å²) in [4.78, 5) is 0. The summed E-state index contributed by atoms with van der Waals surface area (Å²) in [5, 5.41) is 18.3. The van der Waals surface area contributed by atoms with E-state index in [1.165, 1.54) is 6.07 Å². The highest BCUT2D eigenvalue weighted by Crippen LogP contribution is 2.34. The minimum atomic E-state index is -0.911. The van der Waals surface area contributed by atoms with E-state index < -0.39 is 18.5 Å². The number of aryl methyl sites for hydroxylation is 1. The summed E-state index contributed by atoms with van der Waals surface area (Å²) in [6.07, 6.45) is 0. The number of aliphatic hydroxyl groups excluding tert-OH is 1. The van der Waals surface area contributed by atoms with Gasteiger partial charge in [-0.1, -0.05) is 0 Å². The minimum Gasteiger partial charge on any atom is -0.506 e. The number of nitrogens with two attached hydrogens (primary N) is 1. The minimum absolute atomic E-state index is 0.0561. The maximum Gasteiger partial charge on any atom is 0.137 e. The van der Waals surface area contributed by atoms with E-state index >= 15 is 0 Å². The Kier molecular flexibility index (Phi) is 3.47. The predicted molar refractivity (Wildman–Crippen MR) is 54.5 cm³/mol. The average molecular weight is 264 g/mol. The molecule has 78 valence electrons. The Morgan fingerprint density at radius 2 is 2.21 bits per heavy atom. The van der Waals surface area contributed by atoms with Crippen LogP contribution in [-0.2, 0) is 0 Å². The summed E-state index contributed by atoms with van der Waals surface area (Å²) < 4.78 is 13.9. The normalized spacial score (nSPS) is 12.9. The molecule has 1 rings (SSSR count). The topological polar surface area (TPSA) is 66.5 Å². The van der Waals surface area contributed by atoms with Gasteiger partial charge < -0.3 is 15.9 Å². The van der Waals surface area contributed by atoms with E-state index in [0.29, 0.717) is 10.0 Å². The van der Waals surface area contributed by atoms with E-state index in [1.54, 1.807) is 6.92 Å². The molecule has 4 N–H and O–H groups in total. The number of hydrogen-bond donors (Lipinski definition) is 3. The van der Waals surface area contributed by atoms with E-state index in [1.807, 2.05) is 0 Å². The second-order valence-electron chi connectivity index (χ2n) is 3.04.